The molecule has 29 heavy (non-hydrogen) atoms. The number of nitrogens with one attached hydrogen (secondary N) is 1. The quantitative estimate of drug-likeness (QED) is 0.544. The number of benzene rings is 2. The van der Waals surface area contributed by atoms with Crippen LogP contribution in [0.25, 0.3) is 22.4 Å². The molecule has 4 rings (SSSR count). The second-order valence-electron chi connectivity index (χ2n) is 6.98. The van der Waals surface area contributed by atoms with Crippen LogP contribution in [-0.2, 0) is 13.5 Å². The SMILES string of the molecule is CCc1nn(C)c2nc(-c3ccc(C#N)cc3)nc(N[C@H](C)c3ccccc3)c12. The summed E-state index contributed by atoms with van der Waals surface area (Å²) < 4.78 is 1.81. The van der Waals surface area contributed by atoms with Crippen LogP contribution >= 0.6 is 0 Å². The van der Waals surface area contributed by atoms with Crippen molar-refractivity contribution in [1.29, 1.82) is 5.26 Å². The third-order valence-corrected chi connectivity index (χ3v) is 5.02. The Labute approximate surface area is 169 Å². The van der Waals surface area contributed by atoms with E-state index in [4.69, 9.17) is 15.2 Å². The van der Waals surface area contributed by atoms with Gasteiger partial charge >= 0.3 is 0 Å². The summed E-state index contributed by atoms with van der Waals surface area (Å²) in [5, 5.41) is 18.2. The fraction of sp³-hybridized carbons (Fsp3) is 0.217. The van der Waals surface area contributed by atoms with Crippen molar-refractivity contribution in [2.45, 2.75) is 26.3 Å². The van der Waals surface area contributed by atoms with Gasteiger partial charge in [0.15, 0.2) is 11.5 Å². The highest BCUT2D eigenvalue weighted by atomic mass is 15.3. The molecule has 0 fully saturated rings. The lowest BCUT2D eigenvalue weighted by Crippen LogP contribution is -2.10. The number of hydrogen-bond donors (Lipinski definition) is 1. The molecule has 2 aromatic heterocycles. The van der Waals surface area contributed by atoms with Crippen molar-refractivity contribution >= 4 is 16.9 Å². The molecule has 0 saturated heterocycles. The Hall–Kier alpha value is -3.72. The maximum Gasteiger partial charge on any atom is 0.164 e. The fourth-order valence-electron chi connectivity index (χ4n) is 3.43. The fourth-order valence-corrected chi connectivity index (χ4v) is 3.43. The first-order valence-corrected chi connectivity index (χ1v) is 9.66. The summed E-state index contributed by atoms with van der Waals surface area (Å²) in [7, 11) is 1.90. The highest BCUT2D eigenvalue weighted by Gasteiger charge is 2.19. The van der Waals surface area contributed by atoms with Crippen LogP contribution in [0.2, 0.25) is 0 Å². The Bertz CT molecular complexity index is 1190. The standard InChI is InChI=1S/C23H22N6/c1-4-19-20-22(25-15(2)17-8-6-5-7-9-17)26-21(27-23(20)29(3)28-19)18-12-10-16(14-24)11-13-18/h5-13,15H,4H2,1-3H3,(H,25,26,27)/t15-/m1/s1. The minimum Gasteiger partial charge on any atom is -0.363 e. The molecule has 1 N–H and O–H groups in total. The topological polar surface area (TPSA) is 79.4 Å². The summed E-state index contributed by atoms with van der Waals surface area (Å²) in [5.41, 5.74) is 4.41. The lowest BCUT2D eigenvalue weighted by molar-refractivity contribution is 0.761. The van der Waals surface area contributed by atoms with Gasteiger partial charge in [-0.2, -0.15) is 10.4 Å². The Morgan fingerprint density at radius 1 is 1.07 bits per heavy atom. The van der Waals surface area contributed by atoms with Gasteiger partial charge in [0.25, 0.3) is 0 Å². The molecule has 2 heterocycles. The van der Waals surface area contributed by atoms with Crippen molar-refractivity contribution in [3.63, 3.8) is 0 Å². The van der Waals surface area contributed by atoms with Gasteiger partial charge < -0.3 is 5.32 Å². The van der Waals surface area contributed by atoms with Gasteiger partial charge in [-0.15, -0.1) is 0 Å². The third-order valence-electron chi connectivity index (χ3n) is 5.02. The van der Waals surface area contributed by atoms with E-state index in [1.165, 1.54) is 5.56 Å². The van der Waals surface area contributed by atoms with E-state index < -0.39 is 0 Å². The summed E-state index contributed by atoms with van der Waals surface area (Å²) in [6.07, 6.45) is 0.797. The smallest absolute Gasteiger partial charge is 0.164 e. The van der Waals surface area contributed by atoms with Crippen LogP contribution < -0.4 is 5.32 Å². The van der Waals surface area contributed by atoms with Crippen molar-refractivity contribution in [3.05, 3.63) is 71.4 Å². The summed E-state index contributed by atoms with van der Waals surface area (Å²) >= 11 is 0. The van der Waals surface area contributed by atoms with E-state index >= 15 is 0 Å². The first-order valence-electron chi connectivity index (χ1n) is 9.66. The molecule has 0 unspecified atom stereocenters. The van der Waals surface area contributed by atoms with E-state index in [0.717, 1.165) is 34.5 Å². The van der Waals surface area contributed by atoms with Crippen LogP contribution in [0.5, 0.6) is 0 Å². The number of aryl methyl sites for hydroxylation is 2. The van der Waals surface area contributed by atoms with Gasteiger partial charge in [-0.1, -0.05) is 37.3 Å². The predicted molar refractivity (Wildman–Crippen MR) is 114 cm³/mol. The number of aromatic nitrogens is 4. The van der Waals surface area contributed by atoms with Crippen molar-refractivity contribution in [1.82, 2.24) is 19.7 Å². The Kier molecular flexibility index (Phi) is 4.96. The van der Waals surface area contributed by atoms with Gasteiger partial charge in [0.2, 0.25) is 0 Å². The van der Waals surface area contributed by atoms with Crippen LogP contribution in [0.3, 0.4) is 0 Å². The molecule has 0 amide bonds. The number of anilines is 1. The molecule has 6 heteroatoms. The van der Waals surface area contributed by atoms with Crippen LogP contribution in [0.15, 0.2) is 54.6 Å². The number of nitrogens with zero attached hydrogens (tertiary/aromatic N) is 5. The minimum absolute atomic E-state index is 0.0769. The molecule has 0 aliphatic carbocycles. The first-order chi connectivity index (χ1) is 14.1. The molecule has 6 nitrogen and oxygen atoms in total. The zero-order chi connectivity index (χ0) is 20.4. The van der Waals surface area contributed by atoms with Crippen LogP contribution in [-0.4, -0.2) is 19.7 Å². The molecule has 0 aliphatic heterocycles. The molecule has 4 aromatic rings. The van der Waals surface area contributed by atoms with E-state index in [-0.39, 0.29) is 6.04 Å². The molecular weight excluding hydrogens is 360 g/mol. The van der Waals surface area contributed by atoms with Gasteiger partial charge in [0.05, 0.1) is 22.7 Å². The zero-order valence-electron chi connectivity index (χ0n) is 16.7. The molecule has 144 valence electrons. The van der Waals surface area contributed by atoms with Gasteiger partial charge in [0.1, 0.15) is 5.82 Å². The van der Waals surface area contributed by atoms with E-state index in [0.29, 0.717) is 11.4 Å². The molecule has 0 bridgehead atoms. The molecule has 0 aliphatic rings. The first kappa shape index (κ1) is 18.6. The predicted octanol–water partition coefficient (Wildman–Crippen LogP) is 4.64. The average molecular weight is 382 g/mol. The van der Waals surface area contributed by atoms with Gasteiger partial charge in [0, 0.05) is 18.7 Å². The molecule has 0 saturated carbocycles. The van der Waals surface area contributed by atoms with E-state index in [1.807, 2.05) is 37.4 Å². The van der Waals surface area contributed by atoms with Crippen molar-refractivity contribution in [2.75, 3.05) is 5.32 Å². The number of nitriles is 1. The Morgan fingerprint density at radius 3 is 2.45 bits per heavy atom. The highest BCUT2D eigenvalue weighted by molar-refractivity contribution is 5.91. The summed E-state index contributed by atoms with van der Waals surface area (Å²) in [6.45, 7) is 4.20. The van der Waals surface area contributed by atoms with Crippen molar-refractivity contribution < 1.29 is 0 Å². The van der Waals surface area contributed by atoms with Gasteiger partial charge in [-0.25, -0.2) is 14.6 Å². The van der Waals surface area contributed by atoms with Crippen molar-refractivity contribution in [2.24, 2.45) is 7.05 Å². The normalized spacial score (nSPS) is 11.9. The van der Waals surface area contributed by atoms with Crippen LogP contribution in [0, 0.1) is 11.3 Å². The van der Waals surface area contributed by atoms with Gasteiger partial charge in [-0.05, 0) is 43.2 Å². The van der Waals surface area contributed by atoms with E-state index in [2.05, 4.69) is 42.5 Å². The van der Waals surface area contributed by atoms with E-state index in [9.17, 15) is 0 Å². The van der Waals surface area contributed by atoms with Crippen LogP contribution in [0.1, 0.15) is 36.7 Å². The largest absolute Gasteiger partial charge is 0.363 e. The molecule has 2 aromatic carbocycles. The van der Waals surface area contributed by atoms with Gasteiger partial charge in [-0.3, -0.25) is 0 Å². The summed E-state index contributed by atoms with van der Waals surface area (Å²) in [6, 6.07) is 19.8. The molecular formula is C23H22N6. The Morgan fingerprint density at radius 2 is 1.79 bits per heavy atom. The monoisotopic (exact) mass is 382 g/mol. The summed E-state index contributed by atoms with van der Waals surface area (Å²) in [4.78, 5) is 9.63. The second kappa shape index (κ2) is 7.72. The molecule has 0 spiro atoms. The van der Waals surface area contributed by atoms with Crippen LogP contribution in [0.4, 0.5) is 5.82 Å². The minimum atomic E-state index is 0.0769. The number of rotatable bonds is 5. The summed E-state index contributed by atoms with van der Waals surface area (Å²) in [5.74, 6) is 1.38. The Balaban J connectivity index is 1.85. The zero-order valence-corrected chi connectivity index (χ0v) is 16.7. The average Bonchev–Trinajstić information content (AvgIpc) is 3.10. The number of hydrogen-bond acceptors (Lipinski definition) is 5. The second-order valence-corrected chi connectivity index (χ2v) is 6.98. The van der Waals surface area contributed by atoms with E-state index in [1.54, 1.807) is 16.8 Å². The lowest BCUT2D eigenvalue weighted by atomic mass is 10.1. The maximum atomic E-state index is 9.06. The maximum absolute atomic E-state index is 9.06. The molecule has 1 atom stereocenters. The number of fused-ring (bicyclic) bond motifs is 1. The lowest BCUT2D eigenvalue weighted by Gasteiger charge is -2.17. The highest BCUT2D eigenvalue weighted by Crippen LogP contribution is 2.30. The molecule has 0 radical (unpaired) electrons. The van der Waals surface area contributed by atoms with Crippen molar-refractivity contribution in [3.8, 4) is 17.5 Å². The third kappa shape index (κ3) is 3.55.